The summed E-state index contributed by atoms with van der Waals surface area (Å²) in [6, 6.07) is 0. The monoisotopic (exact) mass is 237 g/mol. The molecule has 5 nitrogen and oxygen atoms in total. The molecular weight excluding hydrogens is 218 g/mol. The lowest BCUT2D eigenvalue weighted by Crippen LogP contribution is -2.27. The van der Waals surface area contributed by atoms with E-state index in [4.69, 9.17) is 4.74 Å². The molecule has 17 heavy (non-hydrogen) atoms. The fourth-order valence-corrected chi connectivity index (χ4v) is 1.31. The molecule has 0 aliphatic carbocycles. The SMILES string of the molecule is CC(C)c1ncncc1NC(=O)OC(C)(C)C. The molecule has 1 aromatic heterocycles. The number of hydrogen-bond acceptors (Lipinski definition) is 4. The van der Waals surface area contributed by atoms with Crippen molar-refractivity contribution in [2.24, 2.45) is 0 Å². The molecule has 0 fully saturated rings. The van der Waals surface area contributed by atoms with E-state index in [-0.39, 0.29) is 5.92 Å². The number of hydrogen-bond donors (Lipinski definition) is 1. The lowest BCUT2D eigenvalue weighted by atomic mass is 10.1. The quantitative estimate of drug-likeness (QED) is 0.858. The Bertz CT molecular complexity index is 397. The molecule has 1 amide bonds. The van der Waals surface area contributed by atoms with Crippen LogP contribution < -0.4 is 5.32 Å². The average molecular weight is 237 g/mol. The smallest absolute Gasteiger partial charge is 0.412 e. The molecule has 1 aromatic rings. The van der Waals surface area contributed by atoms with Crippen LogP contribution in [0.15, 0.2) is 12.5 Å². The van der Waals surface area contributed by atoms with Gasteiger partial charge in [0.15, 0.2) is 0 Å². The number of amides is 1. The molecule has 0 aliphatic heterocycles. The normalized spacial score (nSPS) is 11.4. The van der Waals surface area contributed by atoms with E-state index in [0.717, 1.165) is 5.69 Å². The highest BCUT2D eigenvalue weighted by molar-refractivity contribution is 5.85. The third-order valence-electron chi connectivity index (χ3n) is 1.93. The van der Waals surface area contributed by atoms with Gasteiger partial charge in [-0.05, 0) is 26.7 Å². The highest BCUT2D eigenvalue weighted by Gasteiger charge is 2.18. The van der Waals surface area contributed by atoms with Crippen molar-refractivity contribution < 1.29 is 9.53 Å². The van der Waals surface area contributed by atoms with Crippen molar-refractivity contribution in [1.29, 1.82) is 0 Å². The molecule has 0 saturated heterocycles. The van der Waals surface area contributed by atoms with Gasteiger partial charge in [0.05, 0.1) is 17.6 Å². The van der Waals surface area contributed by atoms with Gasteiger partial charge in [0, 0.05) is 0 Å². The van der Waals surface area contributed by atoms with Gasteiger partial charge in [-0.2, -0.15) is 0 Å². The molecule has 0 unspecified atom stereocenters. The number of nitrogens with one attached hydrogen (secondary N) is 1. The van der Waals surface area contributed by atoms with Crippen molar-refractivity contribution in [2.75, 3.05) is 5.32 Å². The summed E-state index contributed by atoms with van der Waals surface area (Å²) in [5.41, 5.74) is 0.875. The van der Waals surface area contributed by atoms with Gasteiger partial charge in [-0.25, -0.2) is 14.8 Å². The van der Waals surface area contributed by atoms with Gasteiger partial charge in [-0.3, -0.25) is 5.32 Å². The van der Waals surface area contributed by atoms with Gasteiger partial charge in [-0.15, -0.1) is 0 Å². The largest absolute Gasteiger partial charge is 0.444 e. The topological polar surface area (TPSA) is 64.1 Å². The fourth-order valence-electron chi connectivity index (χ4n) is 1.31. The standard InChI is InChI=1S/C12H19N3O2/c1-8(2)10-9(6-13-7-14-10)15-11(16)17-12(3,4)5/h6-8H,1-5H3,(H,15,16). The summed E-state index contributed by atoms with van der Waals surface area (Å²) >= 11 is 0. The molecule has 0 radical (unpaired) electrons. The van der Waals surface area contributed by atoms with E-state index in [1.807, 2.05) is 34.6 Å². The highest BCUT2D eigenvalue weighted by Crippen LogP contribution is 2.20. The van der Waals surface area contributed by atoms with Crippen molar-refractivity contribution in [3.05, 3.63) is 18.2 Å². The second kappa shape index (κ2) is 5.12. The average Bonchev–Trinajstić information content (AvgIpc) is 2.14. The Morgan fingerprint density at radius 1 is 1.41 bits per heavy atom. The Hall–Kier alpha value is -1.65. The molecule has 1 N–H and O–H groups in total. The first-order valence-electron chi connectivity index (χ1n) is 5.59. The summed E-state index contributed by atoms with van der Waals surface area (Å²) in [5, 5.41) is 2.66. The molecule has 5 heteroatoms. The second-order valence-corrected chi connectivity index (χ2v) is 5.10. The van der Waals surface area contributed by atoms with E-state index < -0.39 is 11.7 Å². The van der Waals surface area contributed by atoms with Gasteiger partial charge in [0.25, 0.3) is 0 Å². The van der Waals surface area contributed by atoms with E-state index >= 15 is 0 Å². The van der Waals surface area contributed by atoms with Crippen LogP contribution in [0.2, 0.25) is 0 Å². The number of aromatic nitrogens is 2. The number of ether oxygens (including phenoxy) is 1. The Morgan fingerprint density at radius 3 is 2.59 bits per heavy atom. The van der Waals surface area contributed by atoms with Crippen molar-refractivity contribution in [2.45, 2.75) is 46.1 Å². The molecule has 1 rings (SSSR count). The number of carbonyl (C=O) groups excluding carboxylic acids is 1. The highest BCUT2D eigenvalue weighted by atomic mass is 16.6. The van der Waals surface area contributed by atoms with Gasteiger partial charge >= 0.3 is 6.09 Å². The second-order valence-electron chi connectivity index (χ2n) is 5.10. The van der Waals surface area contributed by atoms with Crippen LogP contribution in [0.4, 0.5) is 10.5 Å². The third-order valence-corrected chi connectivity index (χ3v) is 1.93. The fraction of sp³-hybridized carbons (Fsp3) is 0.583. The van der Waals surface area contributed by atoms with Gasteiger partial charge in [0.1, 0.15) is 11.9 Å². The molecule has 1 heterocycles. The van der Waals surface area contributed by atoms with E-state index in [0.29, 0.717) is 5.69 Å². The summed E-state index contributed by atoms with van der Waals surface area (Å²) in [7, 11) is 0. The van der Waals surface area contributed by atoms with Crippen LogP contribution in [0.3, 0.4) is 0 Å². The minimum atomic E-state index is -0.516. The van der Waals surface area contributed by atoms with Crippen LogP contribution in [0.5, 0.6) is 0 Å². The molecule has 0 atom stereocenters. The van der Waals surface area contributed by atoms with Crippen LogP contribution in [0.25, 0.3) is 0 Å². The zero-order chi connectivity index (χ0) is 13.1. The molecule has 0 saturated carbocycles. The third kappa shape index (κ3) is 4.38. The zero-order valence-corrected chi connectivity index (χ0v) is 10.9. The van der Waals surface area contributed by atoms with E-state index in [1.54, 1.807) is 6.20 Å². The maximum Gasteiger partial charge on any atom is 0.412 e. The first-order chi connectivity index (χ1) is 7.79. The maximum absolute atomic E-state index is 11.6. The number of nitrogens with zero attached hydrogens (tertiary/aromatic N) is 2. The molecule has 94 valence electrons. The van der Waals surface area contributed by atoms with Crippen molar-refractivity contribution in [1.82, 2.24) is 9.97 Å². The Balaban J connectivity index is 2.78. The van der Waals surface area contributed by atoms with Crippen LogP contribution in [-0.4, -0.2) is 21.7 Å². The lowest BCUT2D eigenvalue weighted by Gasteiger charge is -2.20. The van der Waals surface area contributed by atoms with Gasteiger partial charge < -0.3 is 4.74 Å². The van der Waals surface area contributed by atoms with Crippen molar-refractivity contribution >= 4 is 11.8 Å². The lowest BCUT2D eigenvalue weighted by molar-refractivity contribution is 0.0635. The van der Waals surface area contributed by atoms with E-state index in [9.17, 15) is 4.79 Å². The minimum absolute atomic E-state index is 0.211. The Morgan fingerprint density at radius 2 is 2.06 bits per heavy atom. The molecule has 0 aliphatic rings. The first kappa shape index (κ1) is 13.4. The van der Waals surface area contributed by atoms with Crippen molar-refractivity contribution in [3.8, 4) is 0 Å². The number of rotatable bonds is 2. The predicted octanol–water partition coefficient (Wildman–Crippen LogP) is 2.95. The van der Waals surface area contributed by atoms with Crippen LogP contribution in [-0.2, 0) is 4.74 Å². The van der Waals surface area contributed by atoms with Crippen molar-refractivity contribution in [3.63, 3.8) is 0 Å². The summed E-state index contributed by atoms with van der Waals surface area (Å²) in [6.07, 6.45) is 2.55. The van der Waals surface area contributed by atoms with Crippen LogP contribution in [0, 0.1) is 0 Å². The molecule has 0 spiro atoms. The maximum atomic E-state index is 11.6. The minimum Gasteiger partial charge on any atom is -0.444 e. The Kier molecular flexibility index (Phi) is 4.04. The molecular formula is C12H19N3O2. The summed E-state index contributed by atoms with van der Waals surface area (Å²) < 4.78 is 5.17. The molecule has 0 bridgehead atoms. The van der Waals surface area contributed by atoms with Crippen LogP contribution >= 0.6 is 0 Å². The summed E-state index contributed by atoms with van der Waals surface area (Å²) in [6.45, 7) is 9.46. The van der Waals surface area contributed by atoms with Gasteiger partial charge in [-0.1, -0.05) is 13.8 Å². The summed E-state index contributed by atoms with van der Waals surface area (Å²) in [5.74, 6) is 0.211. The predicted molar refractivity (Wildman–Crippen MR) is 66.0 cm³/mol. The van der Waals surface area contributed by atoms with E-state index in [1.165, 1.54) is 6.33 Å². The Labute approximate surface area is 102 Å². The zero-order valence-electron chi connectivity index (χ0n) is 10.9. The molecule has 0 aromatic carbocycles. The van der Waals surface area contributed by atoms with Gasteiger partial charge in [0.2, 0.25) is 0 Å². The van der Waals surface area contributed by atoms with E-state index in [2.05, 4.69) is 15.3 Å². The number of anilines is 1. The number of carbonyl (C=O) groups is 1. The summed E-state index contributed by atoms with van der Waals surface area (Å²) in [4.78, 5) is 19.7. The van der Waals surface area contributed by atoms with Crippen LogP contribution in [0.1, 0.15) is 46.2 Å². The first-order valence-corrected chi connectivity index (χ1v) is 5.59.